The van der Waals surface area contributed by atoms with E-state index in [1.54, 1.807) is 27.5 Å². The summed E-state index contributed by atoms with van der Waals surface area (Å²) in [6.45, 7) is 4.17. The number of rotatable bonds is 9. The summed E-state index contributed by atoms with van der Waals surface area (Å²) in [4.78, 5) is 11.3. The molecule has 152 valence electrons. The van der Waals surface area contributed by atoms with Crippen LogP contribution >= 0.6 is 0 Å². The van der Waals surface area contributed by atoms with Gasteiger partial charge in [-0.15, -0.1) is 0 Å². The molecule has 0 saturated carbocycles. The van der Waals surface area contributed by atoms with Gasteiger partial charge in [0.15, 0.2) is 11.5 Å². The third-order valence-electron chi connectivity index (χ3n) is 4.93. The maximum absolute atomic E-state index is 6.17. The standard InChI is InChI=1S/C20H29N5O3/c1-26-16-11-14(12-17(27-2)18(16)28-3)10-15-13-23-20(24-19(15)21)22-6-9-25-7-4-5-8-25/h11-13H,4-10H2,1-3H3,(H3,21,22,23,24). The van der Waals surface area contributed by atoms with E-state index in [0.29, 0.717) is 35.4 Å². The third-order valence-corrected chi connectivity index (χ3v) is 4.93. The van der Waals surface area contributed by atoms with Gasteiger partial charge in [-0.3, -0.25) is 0 Å². The highest BCUT2D eigenvalue weighted by molar-refractivity contribution is 5.55. The summed E-state index contributed by atoms with van der Waals surface area (Å²) in [5, 5.41) is 3.25. The number of benzene rings is 1. The first-order valence-corrected chi connectivity index (χ1v) is 9.51. The van der Waals surface area contributed by atoms with Crippen LogP contribution in [0.4, 0.5) is 11.8 Å². The topological polar surface area (TPSA) is 94.8 Å². The van der Waals surface area contributed by atoms with Crippen LogP contribution in [0.15, 0.2) is 18.3 Å². The van der Waals surface area contributed by atoms with Crippen molar-refractivity contribution >= 4 is 11.8 Å². The molecule has 0 atom stereocenters. The predicted octanol–water partition coefficient (Wildman–Crippen LogP) is 2.18. The maximum atomic E-state index is 6.17. The number of anilines is 2. The van der Waals surface area contributed by atoms with Gasteiger partial charge < -0.3 is 30.2 Å². The summed E-state index contributed by atoms with van der Waals surface area (Å²) in [5.41, 5.74) is 7.99. The minimum Gasteiger partial charge on any atom is -0.493 e. The van der Waals surface area contributed by atoms with Crippen LogP contribution in [0.1, 0.15) is 24.0 Å². The quantitative estimate of drug-likeness (QED) is 0.676. The molecule has 28 heavy (non-hydrogen) atoms. The number of ether oxygens (including phenoxy) is 3. The number of likely N-dealkylation sites (tertiary alicyclic amines) is 1. The Balaban J connectivity index is 1.67. The number of nitrogens with zero attached hydrogens (tertiary/aromatic N) is 3. The Morgan fingerprint density at radius 1 is 1.07 bits per heavy atom. The summed E-state index contributed by atoms with van der Waals surface area (Å²) in [5.74, 6) is 2.81. The fraction of sp³-hybridized carbons (Fsp3) is 0.500. The van der Waals surface area contributed by atoms with Crippen molar-refractivity contribution in [1.82, 2.24) is 14.9 Å². The van der Waals surface area contributed by atoms with E-state index in [-0.39, 0.29) is 0 Å². The van der Waals surface area contributed by atoms with Crippen LogP contribution in [0.25, 0.3) is 0 Å². The number of nitrogens with two attached hydrogens (primary N) is 1. The average Bonchev–Trinajstić information content (AvgIpc) is 3.22. The van der Waals surface area contributed by atoms with Crippen LogP contribution in [0, 0.1) is 0 Å². The van der Waals surface area contributed by atoms with Gasteiger partial charge in [0, 0.05) is 31.3 Å². The van der Waals surface area contributed by atoms with Gasteiger partial charge >= 0.3 is 0 Å². The number of nitrogen functional groups attached to an aromatic ring is 1. The van der Waals surface area contributed by atoms with Gasteiger partial charge in [0.25, 0.3) is 0 Å². The summed E-state index contributed by atoms with van der Waals surface area (Å²) in [6, 6.07) is 3.81. The molecule has 1 saturated heterocycles. The molecule has 2 aromatic rings. The van der Waals surface area contributed by atoms with Crippen molar-refractivity contribution in [2.75, 3.05) is 58.6 Å². The summed E-state index contributed by atoms with van der Waals surface area (Å²) < 4.78 is 16.2. The SMILES string of the molecule is COc1cc(Cc2cnc(NCCN3CCCC3)nc2N)cc(OC)c1OC. The van der Waals surface area contributed by atoms with Crippen LogP contribution in [0.5, 0.6) is 17.2 Å². The van der Waals surface area contributed by atoms with Gasteiger partial charge in [0.2, 0.25) is 11.7 Å². The summed E-state index contributed by atoms with van der Waals surface area (Å²) >= 11 is 0. The van der Waals surface area contributed by atoms with Crippen LogP contribution in [-0.2, 0) is 6.42 Å². The van der Waals surface area contributed by atoms with E-state index >= 15 is 0 Å². The van der Waals surface area contributed by atoms with E-state index in [2.05, 4.69) is 20.2 Å². The molecule has 1 aliphatic rings. The van der Waals surface area contributed by atoms with E-state index in [0.717, 1.165) is 24.2 Å². The van der Waals surface area contributed by atoms with E-state index in [1.165, 1.54) is 25.9 Å². The summed E-state index contributed by atoms with van der Waals surface area (Å²) in [7, 11) is 4.78. The highest BCUT2D eigenvalue weighted by Gasteiger charge is 2.15. The highest BCUT2D eigenvalue weighted by Crippen LogP contribution is 2.38. The van der Waals surface area contributed by atoms with Crippen molar-refractivity contribution in [1.29, 1.82) is 0 Å². The zero-order valence-electron chi connectivity index (χ0n) is 16.8. The first-order chi connectivity index (χ1) is 13.6. The molecule has 1 aromatic heterocycles. The minimum absolute atomic E-state index is 0.465. The van der Waals surface area contributed by atoms with Crippen molar-refractivity contribution < 1.29 is 14.2 Å². The Bertz CT molecular complexity index is 768. The fourth-order valence-corrected chi connectivity index (χ4v) is 3.43. The lowest BCUT2D eigenvalue weighted by Gasteiger charge is -2.15. The molecule has 1 aliphatic heterocycles. The van der Waals surface area contributed by atoms with Crippen molar-refractivity contribution in [3.63, 3.8) is 0 Å². The molecule has 0 radical (unpaired) electrons. The van der Waals surface area contributed by atoms with Crippen LogP contribution < -0.4 is 25.3 Å². The molecule has 3 N–H and O–H groups in total. The highest BCUT2D eigenvalue weighted by atomic mass is 16.5. The molecule has 8 heteroatoms. The normalized spacial score (nSPS) is 14.1. The number of hydrogen-bond donors (Lipinski definition) is 2. The second kappa shape index (κ2) is 9.45. The molecule has 0 unspecified atom stereocenters. The molecular weight excluding hydrogens is 358 g/mol. The van der Waals surface area contributed by atoms with Crippen LogP contribution in [-0.4, -0.2) is 62.4 Å². The molecule has 2 heterocycles. The minimum atomic E-state index is 0.465. The average molecular weight is 387 g/mol. The Kier molecular flexibility index (Phi) is 6.76. The number of aromatic nitrogens is 2. The van der Waals surface area contributed by atoms with Crippen molar-refractivity contribution in [2.24, 2.45) is 0 Å². The Labute approximate surface area is 166 Å². The fourth-order valence-electron chi connectivity index (χ4n) is 3.43. The van der Waals surface area contributed by atoms with Crippen molar-refractivity contribution in [3.05, 3.63) is 29.5 Å². The van der Waals surface area contributed by atoms with E-state index in [9.17, 15) is 0 Å². The Morgan fingerprint density at radius 2 is 1.75 bits per heavy atom. The molecule has 8 nitrogen and oxygen atoms in total. The lowest BCUT2D eigenvalue weighted by atomic mass is 10.1. The monoisotopic (exact) mass is 387 g/mol. The number of hydrogen-bond acceptors (Lipinski definition) is 8. The second-order valence-electron chi connectivity index (χ2n) is 6.79. The largest absolute Gasteiger partial charge is 0.493 e. The molecule has 1 fully saturated rings. The van der Waals surface area contributed by atoms with Crippen LogP contribution in [0.3, 0.4) is 0 Å². The Morgan fingerprint density at radius 3 is 2.32 bits per heavy atom. The summed E-state index contributed by atoms with van der Waals surface area (Å²) in [6.07, 6.45) is 4.92. The molecule has 0 bridgehead atoms. The lowest BCUT2D eigenvalue weighted by Crippen LogP contribution is -2.26. The van der Waals surface area contributed by atoms with Gasteiger partial charge in [0.1, 0.15) is 5.82 Å². The van der Waals surface area contributed by atoms with E-state index in [4.69, 9.17) is 19.9 Å². The first kappa shape index (κ1) is 20.0. The molecule has 0 aliphatic carbocycles. The van der Waals surface area contributed by atoms with Gasteiger partial charge in [-0.2, -0.15) is 4.98 Å². The van der Waals surface area contributed by atoms with E-state index < -0.39 is 0 Å². The molecule has 0 amide bonds. The second-order valence-corrected chi connectivity index (χ2v) is 6.79. The van der Waals surface area contributed by atoms with Crippen molar-refractivity contribution in [2.45, 2.75) is 19.3 Å². The predicted molar refractivity (Wildman–Crippen MR) is 110 cm³/mol. The smallest absolute Gasteiger partial charge is 0.224 e. The number of nitrogens with one attached hydrogen (secondary N) is 1. The maximum Gasteiger partial charge on any atom is 0.224 e. The van der Waals surface area contributed by atoms with Gasteiger partial charge in [-0.25, -0.2) is 4.98 Å². The Hall–Kier alpha value is -2.74. The molecule has 1 aromatic carbocycles. The third kappa shape index (κ3) is 4.75. The molecular formula is C20H29N5O3. The number of methoxy groups -OCH3 is 3. The zero-order chi connectivity index (χ0) is 19.9. The van der Waals surface area contributed by atoms with Crippen molar-refractivity contribution in [3.8, 4) is 17.2 Å². The zero-order valence-corrected chi connectivity index (χ0v) is 16.8. The first-order valence-electron chi connectivity index (χ1n) is 9.51. The van der Waals surface area contributed by atoms with Gasteiger partial charge in [-0.05, 0) is 43.6 Å². The van der Waals surface area contributed by atoms with Crippen LogP contribution in [0.2, 0.25) is 0 Å². The van der Waals surface area contributed by atoms with Gasteiger partial charge in [-0.1, -0.05) is 0 Å². The lowest BCUT2D eigenvalue weighted by molar-refractivity contribution is 0.324. The van der Waals surface area contributed by atoms with E-state index in [1.807, 2.05) is 12.1 Å². The molecule has 0 spiro atoms. The van der Waals surface area contributed by atoms with Gasteiger partial charge in [0.05, 0.1) is 21.3 Å². The molecule has 3 rings (SSSR count).